The summed E-state index contributed by atoms with van der Waals surface area (Å²) in [5.41, 5.74) is -1.11. The van der Waals surface area contributed by atoms with Gasteiger partial charge in [-0.05, 0) is 39.0 Å². The first-order valence-corrected chi connectivity index (χ1v) is 8.16. The lowest BCUT2D eigenvalue weighted by Gasteiger charge is -2.35. The summed E-state index contributed by atoms with van der Waals surface area (Å²) in [6.45, 7) is 11.5. The largest absolute Gasteiger partial charge is 0.444 e. The van der Waals surface area contributed by atoms with Crippen molar-refractivity contribution in [3.05, 3.63) is 0 Å². The van der Waals surface area contributed by atoms with Crippen molar-refractivity contribution in [2.45, 2.75) is 72.1 Å². The Hall–Kier alpha value is -1.63. The maximum absolute atomic E-state index is 12.8. The highest BCUT2D eigenvalue weighted by molar-refractivity contribution is 5.88. The number of nitrogens with one attached hydrogen (secondary N) is 1. The normalized spacial score (nSPS) is 19.0. The molecule has 0 aliphatic carbocycles. The van der Waals surface area contributed by atoms with E-state index in [1.165, 1.54) is 0 Å². The number of carbonyl (C=O) groups excluding carboxylic acids is 3. The Bertz CT molecular complexity index is 437. The lowest BCUT2D eigenvalue weighted by atomic mass is 9.85. The first-order valence-electron chi connectivity index (χ1n) is 8.16. The zero-order chi connectivity index (χ0) is 19.1. The molecule has 0 aromatic rings. The predicted molar refractivity (Wildman–Crippen MR) is 91.6 cm³/mol. The molecule has 2 amide bonds. The lowest BCUT2D eigenvalue weighted by molar-refractivity contribution is -0.139. The second kappa shape index (κ2) is 9.01. The van der Waals surface area contributed by atoms with E-state index in [1.54, 1.807) is 25.7 Å². The molecule has 1 rings (SSSR count). The Morgan fingerprint density at radius 3 is 2.17 bits per heavy atom. The Balaban J connectivity index is 0.00000254. The van der Waals surface area contributed by atoms with E-state index in [-0.39, 0.29) is 5.91 Å². The van der Waals surface area contributed by atoms with E-state index in [2.05, 4.69) is 5.32 Å². The summed E-state index contributed by atoms with van der Waals surface area (Å²) in [5, 5.41) is 9.67. The third kappa shape index (κ3) is 6.86. The van der Waals surface area contributed by atoms with Crippen LogP contribution in [0.25, 0.3) is 0 Å². The van der Waals surface area contributed by atoms with Crippen LogP contribution in [0.3, 0.4) is 0 Å². The number of rotatable bonds is 3. The standard InChI is InChI=1S/C16H28N2O4.CH4O/c1-15(2,3)12(17-14(21)22-16(4,5)6)13(20)18-9-7-8-11(18)10-19;1-2/h10-12H,7-9H2,1-6H3,(H,17,21);2H,1H3. The SMILES string of the molecule is CC(C)(C)OC(=O)NC(C(=O)N1CCCC1C=O)C(C)(C)C.CO. The first-order chi connectivity index (χ1) is 11.0. The smallest absolute Gasteiger partial charge is 0.408 e. The molecule has 1 heterocycles. The van der Waals surface area contributed by atoms with Gasteiger partial charge in [0.15, 0.2) is 0 Å². The Morgan fingerprint density at radius 1 is 1.21 bits per heavy atom. The van der Waals surface area contributed by atoms with Gasteiger partial charge in [0.2, 0.25) is 5.91 Å². The number of ether oxygens (including phenoxy) is 1. The number of hydrogen-bond donors (Lipinski definition) is 2. The van der Waals surface area contributed by atoms with Crippen molar-refractivity contribution in [1.82, 2.24) is 10.2 Å². The van der Waals surface area contributed by atoms with Crippen molar-refractivity contribution >= 4 is 18.3 Å². The van der Waals surface area contributed by atoms with Crippen molar-refractivity contribution in [1.29, 1.82) is 0 Å². The summed E-state index contributed by atoms with van der Waals surface area (Å²) < 4.78 is 5.24. The van der Waals surface area contributed by atoms with E-state index in [0.717, 1.165) is 19.8 Å². The number of hydrogen-bond acceptors (Lipinski definition) is 5. The molecule has 1 saturated heterocycles. The second-order valence-corrected chi connectivity index (χ2v) is 7.82. The highest BCUT2D eigenvalue weighted by Gasteiger charge is 2.40. The molecular formula is C17H32N2O5. The van der Waals surface area contributed by atoms with Crippen molar-refractivity contribution in [2.75, 3.05) is 13.7 Å². The van der Waals surface area contributed by atoms with E-state index in [4.69, 9.17) is 9.84 Å². The highest BCUT2D eigenvalue weighted by atomic mass is 16.6. The minimum absolute atomic E-state index is 0.229. The van der Waals surface area contributed by atoms with Crippen molar-refractivity contribution in [3.63, 3.8) is 0 Å². The molecule has 0 saturated carbocycles. The van der Waals surface area contributed by atoms with Gasteiger partial charge in [0.1, 0.15) is 17.9 Å². The molecule has 0 spiro atoms. The molecule has 2 unspecified atom stereocenters. The number of aliphatic hydroxyl groups excluding tert-OH is 1. The molecule has 2 N–H and O–H groups in total. The van der Waals surface area contributed by atoms with Gasteiger partial charge in [-0.25, -0.2) is 4.79 Å². The third-order valence-electron chi connectivity index (χ3n) is 3.51. The Morgan fingerprint density at radius 2 is 1.75 bits per heavy atom. The van der Waals surface area contributed by atoms with Gasteiger partial charge in [-0.15, -0.1) is 0 Å². The highest BCUT2D eigenvalue weighted by Crippen LogP contribution is 2.25. The van der Waals surface area contributed by atoms with Crippen LogP contribution >= 0.6 is 0 Å². The van der Waals surface area contributed by atoms with Crippen LogP contribution in [0.1, 0.15) is 54.4 Å². The molecule has 7 heteroatoms. The van der Waals surface area contributed by atoms with E-state index >= 15 is 0 Å². The lowest BCUT2D eigenvalue weighted by Crippen LogP contribution is -2.56. The number of amides is 2. The topological polar surface area (TPSA) is 95.9 Å². The molecule has 1 aliphatic heterocycles. The van der Waals surface area contributed by atoms with Crippen LogP contribution < -0.4 is 5.32 Å². The Kier molecular flexibility index (Phi) is 8.40. The summed E-state index contributed by atoms with van der Waals surface area (Å²) >= 11 is 0. The van der Waals surface area contributed by atoms with Gasteiger partial charge >= 0.3 is 6.09 Å². The quantitative estimate of drug-likeness (QED) is 0.760. The van der Waals surface area contributed by atoms with Crippen molar-refractivity contribution < 1.29 is 24.2 Å². The molecule has 0 radical (unpaired) electrons. The molecule has 2 atom stereocenters. The van der Waals surface area contributed by atoms with Crippen LogP contribution in [0.5, 0.6) is 0 Å². The average molecular weight is 344 g/mol. The molecule has 24 heavy (non-hydrogen) atoms. The number of nitrogens with zero attached hydrogens (tertiary/aromatic N) is 1. The van der Waals surface area contributed by atoms with Crippen LogP contribution in [0.4, 0.5) is 4.79 Å². The van der Waals surface area contributed by atoms with Crippen molar-refractivity contribution in [2.24, 2.45) is 5.41 Å². The summed E-state index contributed by atoms with van der Waals surface area (Å²) in [7, 11) is 1.00. The van der Waals surface area contributed by atoms with Crippen LogP contribution in [0, 0.1) is 5.41 Å². The van der Waals surface area contributed by atoms with Gasteiger partial charge in [0.25, 0.3) is 0 Å². The minimum Gasteiger partial charge on any atom is -0.444 e. The fourth-order valence-electron chi connectivity index (χ4n) is 2.45. The molecule has 140 valence electrons. The predicted octanol–water partition coefficient (Wildman–Crippen LogP) is 1.72. The van der Waals surface area contributed by atoms with E-state index in [0.29, 0.717) is 13.0 Å². The third-order valence-corrected chi connectivity index (χ3v) is 3.51. The van der Waals surface area contributed by atoms with E-state index in [9.17, 15) is 14.4 Å². The van der Waals surface area contributed by atoms with Crippen LogP contribution in [0.2, 0.25) is 0 Å². The number of aldehydes is 1. The molecule has 0 aromatic heterocycles. The summed E-state index contributed by atoms with van der Waals surface area (Å²) in [6.07, 6.45) is 1.66. The minimum atomic E-state index is -0.733. The number of carbonyl (C=O) groups is 3. The van der Waals surface area contributed by atoms with Crippen LogP contribution in [-0.4, -0.2) is 59.6 Å². The van der Waals surface area contributed by atoms with Gasteiger partial charge < -0.3 is 24.9 Å². The molecular weight excluding hydrogens is 312 g/mol. The van der Waals surface area contributed by atoms with Gasteiger partial charge in [-0.1, -0.05) is 20.8 Å². The molecule has 7 nitrogen and oxygen atoms in total. The van der Waals surface area contributed by atoms with Crippen LogP contribution in [-0.2, 0) is 14.3 Å². The molecule has 1 fully saturated rings. The maximum atomic E-state index is 12.8. The fourth-order valence-corrected chi connectivity index (χ4v) is 2.45. The summed E-state index contributed by atoms with van der Waals surface area (Å²) in [5.74, 6) is -0.229. The second-order valence-electron chi connectivity index (χ2n) is 7.82. The van der Waals surface area contributed by atoms with E-state index < -0.39 is 29.2 Å². The summed E-state index contributed by atoms with van der Waals surface area (Å²) in [6, 6.07) is -1.12. The maximum Gasteiger partial charge on any atom is 0.408 e. The van der Waals surface area contributed by atoms with Gasteiger partial charge in [-0.2, -0.15) is 0 Å². The van der Waals surface area contributed by atoms with Gasteiger partial charge in [0, 0.05) is 13.7 Å². The number of alkyl carbamates (subject to hydrolysis) is 1. The average Bonchev–Trinajstić information content (AvgIpc) is 2.91. The monoisotopic (exact) mass is 344 g/mol. The molecule has 0 aromatic carbocycles. The van der Waals surface area contributed by atoms with E-state index in [1.807, 2.05) is 20.8 Å². The summed E-state index contributed by atoms with van der Waals surface area (Å²) in [4.78, 5) is 37.4. The zero-order valence-corrected chi connectivity index (χ0v) is 15.9. The van der Waals surface area contributed by atoms with Gasteiger partial charge in [0.05, 0.1) is 6.04 Å². The van der Waals surface area contributed by atoms with Crippen molar-refractivity contribution in [3.8, 4) is 0 Å². The zero-order valence-electron chi connectivity index (χ0n) is 15.9. The molecule has 0 bridgehead atoms. The van der Waals surface area contributed by atoms with Gasteiger partial charge in [-0.3, -0.25) is 4.79 Å². The first kappa shape index (κ1) is 22.4. The molecule has 1 aliphatic rings. The van der Waals surface area contributed by atoms with Crippen LogP contribution in [0.15, 0.2) is 0 Å². The Labute approximate surface area is 144 Å². The fraction of sp³-hybridized carbons (Fsp3) is 0.824. The number of likely N-dealkylation sites (tertiary alicyclic amines) is 1. The number of aliphatic hydroxyl groups is 1.